The number of hydrogen-bond donors (Lipinski definition) is 0. The van der Waals surface area contributed by atoms with E-state index in [4.69, 9.17) is 74.4 Å². The van der Waals surface area contributed by atoms with Gasteiger partial charge in [-0.1, -0.05) is 64.6 Å². The molecule has 2 aliphatic carbocycles. The quantitative estimate of drug-likeness (QED) is 0.461. The Balaban J connectivity index is 1.74. The summed E-state index contributed by atoms with van der Waals surface area (Å²) in [6.45, 7) is 0. The Labute approximate surface area is 183 Å². The maximum absolute atomic E-state index is 12.9. The van der Waals surface area contributed by atoms with Gasteiger partial charge in [0.25, 0.3) is 11.8 Å². The second kappa shape index (κ2) is 5.91. The molecule has 0 aromatic heterocycles. The number of hydrogen-bond acceptors (Lipinski definition) is 4. The maximum Gasteiger partial charge on any atom is 0.363 e. The molecule has 1 aliphatic heterocycles. The molecule has 4 atom stereocenters. The van der Waals surface area contributed by atoms with E-state index < -0.39 is 43.7 Å². The van der Waals surface area contributed by atoms with E-state index in [0.29, 0.717) is 5.06 Å². The van der Waals surface area contributed by atoms with Gasteiger partial charge in [0, 0.05) is 0 Å². The third kappa shape index (κ3) is 2.08. The summed E-state index contributed by atoms with van der Waals surface area (Å²) in [6, 6.07) is 7.80. The lowest BCUT2D eigenvalue weighted by Gasteiger charge is -2.34. The molecule has 5 nitrogen and oxygen atoms in total. The lowest BCUT2D eigenvalue weighted by Crippen LogP contribution is -2.50. The van der Waals surface area contributed by atoms with E-state index in [1.165, 1.54) is 12.1 Å². The summed E-state index contributed by atoms with van der Waals surface area (Å²) in [7, 11) is 0. The number of carbonyl (C=O) groups is 3. The number of hydroxylamine groups is 2. The normalized spacial score (nSPS) is 36.4. The Kier molecular flexibility index (Phi) is 4.29. The monoisotopic (exact) mass is 487 g/mol. The van der Waals surface area contributed by atoms with Crippen molar-refractivity contribution in [1.82, 2.24) is 5.06 Å². The molecule has 142 valence electrons. The molecule has 4 unspecified atom stereocenters. The molecule has 2 amide bonds. The molecule has 1 aromatic rings. The van der Waals surface area contributed by atoms with Gasteiger partial charge in [-0.05, 0) is 12.1 Å². The third-order valence-electron chi connectivity index (χ3n) is 5.05. The minimum absolute atomic E-state index is 0.137. The van der Waals surface area contributed by atoms with E-state index >= 15 is 0 Å². The van der Waals surface area contributed by atoms with Crippen LogP contribution in [0.4, 0.5) is 0 Å². The highest BCUT2D eigenvalue weighted by molar-refractivity contribution is 6.66. The SMILES string of the molecule is O=C(ON1C(=O)C2C(C1=O)C1(Cl)C(Cl)=C(Cl)C2(Cl)C1(Cl)Cl)c1ccccc1. The van der Waals surface area contributed by atoms with Crippen molar-refractivity contribution in [3.8, 4) is 0 Å². The van der Waals surface area contributed by atoms with Crippen molar-refractivity contribution in [3.63, 3.8) is 0 Å². The zero-order chi connectivity index (χ0) is 19.9. The van der Waals surface area contributed by atoms with Crippen molar-refractivity contribution in [2.45, 2.75) is 14.1 Å². The molecule has 0 N–H and O–H groups in total. The minimum atomic E-state index is -2.03. The van der Waals surface area contributed by atoms with Crippen molar-refractivity contribution in [3.05, 3.63) is 46.0 Å². The molecule has 1 aromatic carbocycles. The van der Waals surface area contributed by atoms with E-state index in [2.05, 4.69) is 0 Å². The van der Waals surface area contributed by atoms with Gasteiger partial charge in [0.1, 0.15) is 9.75 Å². The molecule has 2 bridgehead atoms. The molecule has 4 rings (SSSR count). The Hall–Kier alpha value is -0.690. The zero-order valence-corrected chi connectivity index (χ0v) is 17.4. The van der Waals surface area contributed by atoms with E-state index in [9.17, 15) is 14.4 Å². The number of nitrogens with zero attached hydrogens (tertiary/aromatic N) is 1. The summed E-state index contributed by atoms with van der Waals surface area (Å²) < 4.78 is -2.03. The van der Waals surface area contributed by atoms with Gasteiger partial charge in [-0.25, -0.2) is 4.79 Å². The van der Waals surface area contributed by atoms with Crippen LogP contribution in [-0.2, 0) is 14.4 Å². The largest absolute Gasteiger partial charge is 0.363 e. The second-order valence-electron chi connectivity index (χ2n) is 6.30. The van der Waals surface area contributed by atoms with Crippen molar-refractivity contribution in [2.24, 2.45) is 11.8 Å². The van der Waals surface area contributed by atoms with E-state index in [1.807, 2.05) is 0 Å². The van der Waals surface area contributed by atoms with Gasteiger partial charge in [0.2, 0.25) is 0 Å². The smallest absolute Gasteiger partial charge is 0.325 e. The number of rotatable bonds is 2. The molecule has 1 saturated heterocycles. The molecular formula is C16H7Cl6NO4. The minimum Gasteiger partial charge on any atom is -0.325 e. The van der Waals surface area contributed by atoms with Gasteiger partial charge in [0.05, 0.1) is 27.5 Å². The fourth-order valence-electron chi connectivity index (χ4n) is 3.77. The number of allylic oxidation sites excluding steroid dienone is 2. The van der Waals surface area contributed by atoms with Crippen LogP contribution in [0.1, 0.15) is 10.4 Å². The van der Waals surface area contributed by atoms with Crippen LogP contribution in [0.2, 0.25) is 0 Å². The summed E-state index contributed by atoms with van der Waals surface area (Å²) >= 11 is 38.1. The summed E-state index contributed by atoms with van der Waals surface area (Å²) in [5, 5.41) is -0.115. The number of fused-ring (bicyclic) bond motifs is 5. The fraction of sp³-hybridized carbons (Fsp3) is 0.312. The van der Waals surface area contributed by atoms with Crippen molar-refractivity contribution in [2.75, 3.05) is 0 Å². The Morgan fingerprint density at radius 2 is 1.33 bits per heavy atom. The lowest BCUT2D eigenvalue weighted by molar-refractivity contribution is -0.175. The maximum atomic E-state index is 12.9. The molecule has 2 fully saturated rings. The van der Waals surface area contributed by atoms with Crippen molar-refractivity contribution in [1.29, 1.82) is 0 Å². The first-order valence-corrected chi connectivity index (χ1v) is 9.75. The van der Waals surface area contributed by atoms with Crippen LogP contribution in [0.3, 0.4) is 0 Å². The zero-order valence-electron chi connectivity index (χ0n) is 12.9. The van der Waals surface area contributed by atoms with Crippen LogP contribution >= 0.6 is 69.6 Å². The number of imide groups is 1. The van der Waals surface area contributed by atoms with E-state index in [1.54, 1.807) is 18.2 Å². The van der Waals surface area contributed by atoms with Gasteiger partial charge in [-0.15, -0.1) is 28.3 Å². The van der Waals surface area contributed by atoms with Gasteiger partial charge in [0.15, 0.2) is 4.33 Å². The summed E-state index contributed by atoms with van der Waals surface area (Å²) in [5.74, 6) is -5.47. The lowest BCUT2D eigenvalue weighted by atomic mass is 9.84. The standard InChI is InChI=1S/C16H7Cl6NO4/c17-9-10(18)15(20)8-7(14(9,19)16(15,21)22)11(24)23(12(8)25)27-13(26)6-4-2-1-3-5-6/h1-5,7-8H. The van der Waals surface area contributed by atoms with Crippen LogP contribution in [-0.4, -0.2) is 36.9 Å². The van der Waals surface area contributed by atoms with Gasteiger partial charge >= 0.3 is 5.97 Å². The average Bonchev–Trinajstić information content (AvgIpc) is 3.01. The first-order valence-electron chi connectivity index (χ1n) is 7.48. The fourth-order valence-corrected chi connectivity index (χ4v) is 6.70. The van der Waals surface area contributed by atoms with Gasteiger partial charge < -0.3 is 4.84 Å². The third-order valence-corrected chi connectivity index (χ3v) is 9.31. The number of benzene rings is 1. The number of alkyl halides is 4. The Morgan fingerprint density at radius 3 is 1.78 bits per heavy atom. The van der Waals surface area contributed by atoms with Crippen LogP contribution in [0.25, 0.3) is 0 Å². The molecule has 11 heteroatoms. The molecule has 0 radical (unpaired) electrons. The van der Waals surface area contributed by atoms with Crippen LogP contribution in [0, 0.1) is 11.8 Å². The predicted octanol–water partition coefficient (Wildman–Crippen LogP) is 4.21. The first-order chi connectivity index (χ1) is 12.5. The highest BCUT2D eigenvalue weighted by Gasteiger charge is 2.88. The summed E-state index contributed by atoms with van der Waals surface area (Å²) in [5.41, 5.74) is 0.137. The van der Waals surface area contributed by atoms with Crippen LogP contribution in [0.15, 0.2) is 40.4 Å². The van der Waals surface area contributed by atoms with Gasteiger partial charge in [-0.2, -0.15) is 0 Å². The van der Waals surface area contributed by atoms with Crippen molar-refractivity contribution >= 4 is 87.4 Å². The van der Waals surface area contributed by atoms with Crippen LogP contribution < -0.4 is 0 Å². The Bertz CT molecular complexity index is 888. The van der Waals surface area contributed by atoms with Gasteiger partial charge in [-0.3, -0.25) is 9.59 Å². The highest BCUT2D eigenvalue weighted by atomic mass is 35.5. The molecule has 3 aliphatic rings. The molecule has 1 saturated carbocycles. The molecular weight excluding hydrogens is 483 g/mol. The second-order valence-corrected chi connectivity index (χ2v) is 9.57. The Morgan fingerprint density at radius 1 is 0.889 bits per heavy atom. The van der Waals surface area contributed by atoms with Crippen LogP contribution in [0.5, 0.6) is 0 Å². The number of amides is 2. The predicted molar refractivity (Wildman–Crippen MR) is 101 cm³/mol. The average molecular weight is 490 g/mol. The summed E-state index contributed by atoms with van der Waals surface area (Å²) in [6.07, 6.45) is 0. The molecule has 1 heterocycles. The van der Waals surface area contributed by atoms with E-state index in [0.717, 1.165) is 0 Å². The topological polar surface area (TPSA) is 63.7 Å². The molecule has 0 spiro atoms. The summed E-state index contributed by atoms with van der Waals surface area (Å²) in [4.78, 5) is 39.1. The number of carbonyl (C=O) groups excluding carboxylic acids is 3. The molecule has 27 heavy (non-hydrogen) atoms. The highest BCUT2D eigenvalue weighted by Crippen LogP contribution is 2.77. The van der Waals surface area contributed by atoms with E-state index in [-0.39, 0.29) is 15.6 Å². The number of halogens is 6. The first kappa shape index (κ1) is 19.6. The van der Waals surface area contributed by atoms with Crippen molar-refractivity contribution < 1.29 is 19.2 Å².